The van der Waals surface area contributed by atoms with Crippen LogP contribution in [0.4, 0.5) is 0 Å². The second kappa shape index (κ2) is 15.2. The van der Waals surface area contributed by atoms with Gasteiger partial charge >= 0.3 is 0 Å². The summed E-state index contributed by atoms with van der Waals surface area (Å²) in [5, 5.41) is 6.68. The number of nitrogens with one attached hydrogen (secondary N) is 2. The maximum atomic E-state index is 5.46. The fourth-order valence-corrected chi connectivity index (χ4v) is 1.48. The Morgan fingerprint density at radius 1 is 0.700 bits per heavy atom. The average molecular weight is 290 g/mol. The maximum absolute atomic E-state index is 5.46. The van der Waals surface area contributed by atoms with Crippen molar-refractivity contribution in [2.45, 2.75) is 46.2 Å². The van der Waals surface area contributed by atoms with Crippen LogP contribution in [0.5, 0.6) is 0 Å². The molecule has 0 aromatic heterocycles. The van der Waals surface area contributed by atoms with Gasteiger partial charge in [0.2, 0.25) is 0 Å². The highest BCUT2D eigenvalue weighted by Gasteiger charge is 1.96. The van der Waals surface area contributed by atoms with Crippen molar-refractivity contribution in [1.82, 2.24) is 10.6 Å². The maximum Gasteiger partial charge on any atom is 0.0701 e. The lowest BCUT2D eigenvalue weighted by atomic mass is 10.3. The molecule has 0 radical (unpaired) electrons. The Balaban J connectivity index is 2.99. The average Bonchev–Trinajstić information content (AvgIpc) is 2.43. The summed E-state index contributed by atoms with van der Waals surface area (Å²) in [6.07, 6.45) is 1.15. The molecule has 0 saturated carbocycles. The third kappa shape index (κ3) is 15.9. The first-order valence-electron chi connectivity index (χ1n) is 7.86. The highest BCUT2D eigenvalue weighted by Crippen LogP contribution is 1.86. The molecule has 5 nitrogen and oxygen atoms in total. The number of hydrogen-bond acceptors (Lipinski definition) is 5. The molecule has 122 valence electrons. The Morgan fingerprint density at radius 3 is 1.60 bits per heavy atom. The summed E-state index contributed by atoms with van der Waals surface area (Å²) >= 11 is 0. The molecule has 0 aliphatic rings. The summed E-state index contributed by atoms with van der Waals surface area (Å²) in [7, 11) is 0. The lowest BCUT2D eigenvalue weighted by Gasteiger charge is -2.11. The molecule has 0 bridgehead atoms. The van der Waals surface area contributed by atoms with Gasteiger partial charge in [-0.25, -0.2) is 0 Å². The van der Waals surface area contributed by atoms with Crippen LogP contribution >= 0.6 is 0 Å². The Bertz CT molecular complexity index is 192. The molecule has 20 heavy (non-hydrogen) atoms. The fourth-order valence-electron chi connectivity index (χ4n) is 1.48. The van der Waals surface area contributed by atoms with Crippen LogP contribution in [-0.2, 0) is 14.2 Å². The molecule has 1 atom stereocenters. The lowest BCUT2D eigenvalue weighted by molar-refractivity contribution is 0.0153. The van der Waals surface area contributed by atoms with Crippen molar-refractivity contribution < 1.29 is 14.2 Å². The summed E-state index contributed by atoms with van der Waals surface area (Å²) in [5.41, 5.74) is 0. The molecule has 0 aromatic carbocycles. The van der Waals surface area contributed by atoms with Crippen LogP contribution in [-0.4, -0.2) is 64.8 Å². The SMILES string of the molecule is CCC(C)NCCOCCOCCOCCNC(C)C. The van der Waals surface area contributed by atoms with E-state index in [1.54, 1.807) is 0 Å². The van der Waals surface area contributed by atoms with Crippen molar-refractivity contribution in [2.75, 3.05) is 52.7 Å². The molecule has 0 amide bonds. The molecule has 0 aliphatic heterocycles. The standard InChI is InChI=1S/C15H34N2O3/c1-5-15(4)17-7-9-19-11-13-20-12-10-18-8-6-16-14(2)3/h14-17H,5-13H2,1-4H3. The molecule has 0 spiro atoms. The van der Waals surface area contributed by atoms with Gasteiger partial charge in [0.15, 0.2) is 0 Å². The topological polar surface area (TPSA) is 51.8 Å². The zero-order valence-electron chi connectivity index (χ0n) is 13.7. The minimum atomic E-state index is 0.516. The van der Waals surface area contributed by atoms with Crippen LogP contribution in [0, 0.1) is 0 Å². The third-order valence-electron chi connectivity index (χ3n) is 2.89. The predicted octanol–water partition coefficient (Wildman–Crippen LogP) is 1.42. The first-order chi connectivity index (χ1) is 9.66. The van der Waals surface area contributed by atoms with E-state index < -0.39 is 0 Å². The molecule has 0 heterocycles. The molecule has 0 rings (SSSR count). The Hall–Kier alpha value is -0.200. The van der Waals surface area contributed by atoms with Gasteiger partial charge in [-0.05, 0) is 13.3 Å². The second-order valence-corrected chi connectivity index (χ2v) is 5.21. The summed E-state index contributed by atoms with van der Waals surface area (Å²) < 4.78 is 16.3. The van der Waals surface area contributed by atoms with Crippen LogP contribution in [0.15, 0.2) is 0 Å². The molecule has 0 aliphatic carbocycles. The van der Waals surface area contributed by atoms with Crippen molar-refractivity contribution in [3.05, 3.63) is 0 Å². The van der Waals surface area contributed by atoms with E-state index in [0.29, 0.717) is 38.5 Å². The van der Waals surface area contributed by atoms with Crippen molar-refractivity contribution in [3.8, 4) is 0 Å². The van der Waals surface area contributed by atoms with Crippen molar-refractivity contribution in [3.63, 3.8) is 0 Å². The van der Waals surface area contributed by atoms with Gasteiger partial charge in [-0.2, -0.15) is 0 Å². The fraction of sp³-hybridized carbons (Fsp3) is 1.00. The van der Waals surface area contributed by atoms with Crippen molar-refractivity contribution >= 4 is 0 Å². The van der Waals surface area contributed by atoms with Gasteiger partial charge in [0.1, 0.15) is 0 Å². The summed E-state index contributed by atoms with van der Waals surface area (Å²) in [4.78, 5) is 0. The van der Waals surface area contributed by atoms with Crippen molar-refractivity contribution in [1.29, 1.82) is 0 Å². The van der Waals surface area contributed by atoms with Gasteiger partial charge in [-0.15, -0.1) is 0 Å². The lowest BCUT2D eigenvalue weighted by Crippen LogP contribution is -2.29. The second-order valence-electron chi connectivity index (χ2n) is 5.21. The van der Waals surface area contributed by atoms with Gasteiger partial charge in [0.25, 0.3) is 0 Å². The molecular formula is C15H34N2O3. The van der Waals surface area contributed by atoms with Gasteiger partial charge in [-0.1, -0.05) is 20.8 Å². The van der Waals surface area contributed by atoms with E-state index in [9.17, 15) is 0 Å². The van der Waals surface area contributed by atoms with E-state index in [1.165, 1.54) is 0 Å². The van der Waals surface area contributed by atoms with Gasteiger partial charge < -0.3 is 24.8 Å². The van der Waals surface area contributed by atoms with E-state index in [2.05, 4.69) is 38.3 Å². The van der Waals surface area contributed by atoms with E-state index >= 15 is 0 Å². The number of hydrogen-bond donors (Lipinski definition) is 2. The van der Waals surface area contributed by atoms with E-state index in [-0.39, 0.29) is 0 Å². The van der Waals surface area contributed by atoms with E-state index in [0.717, 1.165) is 32.7 Å². The first-order valence-corrected chi connectivity index (χ1v) is 7.86. The molecule has 0 fully saturated rings. The largest absolute Gasteiger partial charge is 0.378 e. The van der Waals surface area contributed by atoms with Crippen LogP contribution in [0.1, 0.15) is 34.1 Å². The normalized spacial score (nSPS) is 13.1. The Morgan fingerprint density at radius 2 is 1.15 bits per heavy atom. The Labute approximate surface area is 124 Å². The van der Waals surface area contributed by atoms with Gasteiger partial charge in [-0.3, -0.25) is 0 Å². The molecule has 1 unspecified atom stereocenters. The van der Waals surface area contributed by atoms with E-state index in [1.807, 2.05) is 0 Å². The predicted molar refractivity (Wildman–Crippen MR) is 83.4 cm³/mol. The monoisotopic (exact) mass is 290 g/mol. The van der Waals surface area contributed by atoms with Crippen LogP contribution < -0.4 is 10.6 Å². The number of ether oxygens (including phenoxy) is 3. The van der Waals surface area contributed by atoms with E-state index in [4.69, 9.17) is 14.2 Å². The van der Waals surface area contributed by atoms with Crippen LogP contribution in [0.25, 0.3) is 0 Å². The molecule has 5 heteroatoms. The molecule has 2 N–H and O–H groups in total. The highest BCUT2D eigenvalue weighted by atomic mass is 16.5. The summed E-state index contributed by atoms with van der Waals surface area (Å²) in [5.74, 6) is 0. The molecule has 0 saturated heterocycles. The minimum absolute atomic E-state index is 0.516. The van der Waals surface area contributed by atoms with Crippen LogP contribution in [0.3, 0.4) is 0 Å². The zero-order chi connectivity index (χ0) is 15.1. The zero-order valence-corrected chi connectivity index (χ0v) is 13.7. The number of rotatable bonds is 15. The summed E-state index contributed by atoms with van der Waals surface area (Å²) in [6, 6.07) is 1.08. The summed E-state index contributed by atoms with van der Waals surface area (Å²) in [6.45, 7) is 14.4. The highest BCUT2D eigenvalue weighted by molar-refractivity contribution is 4.56. The quantitative estimate of drug-likeness (QED) is 0.447. The molecular weight excluding hydrogens is 256 g/mol. The first kappa shape index (κ1) is 19.8. The minimum Gasteiger partial charge on any atom is -0.378 e. The van der Waals surface area contributed by atoms with Crippen molar-refractivity contribution in [2.24, 2.45) is 0 Å². The third-order valence-corrected chi connectivity index (χ3v) is 2.89. The van der Waals surface area contributed by atoms with Crippen LogP contribution in [0.2, 0.25) is 0 Å². The smallest absolute Gasteiger partial charge is 0.0701 e. The van der Waals surface area contributed by atoms with Gasteiger partial charge in [0.05, 0.1) is 39.6 Å². The molecule has 0 aromatic rings. The van der Waals surface area contributed by atoms with Gasteiger partial charge in [0, 0.05) is 25.2 Å². The Kier molecular flexibility index (Phi) is 15.0.